The van der Waals surface area contributed by atoms with E-state index in [1.807, 2.05) is 0 Å². The number of rotatable bonds is 3. The topological polar surface area (TPSA) is 45.8 Å². The fraction of sp³-hybridized carbons (Fsp3) is 0.0667. The normalized spacial score (nSPS) is 10.9. The summed E-state index contributed by atoms with van der Waals surface area (Å²) in [5.41, 5.74) is 1.56. The maximum atomic E-state index is 13.1. The van der Waals surface area contributed by atoms with Gasteiger partial charge in [-0.2, -0.15) is 0 Å². The minimum atomic E-state index is -0.948. The number of pyridine rings is 1. The average molecular weight is 272 g/mol. The molecule has 2 aromatic heterocycles. The van der Waals surface area contributed by atoms with Gasteiger partial charge >= 0.3 is 0 Å². The summed E-state index contributed by atoms with van der Waals surface area (Å²) < 4.78 is 26.0. The zero-order valence-electron chi connectivity index (χ0n) is 10.4. The van der Waals surface area contributed by atoms with Gasteiger partial charge in [0.05, 0.1) is 0 Å². The van der Waals surface area contributed by atoms with Crippen LogP contribution in [0.15, 0.2) is 42.7 Å². The summed E-state index contributed by atoms with van der Waals surface area (Å²) in [6.45, 7) is 0. The van der Waals surface area contributed by atoms with Gasteiger partial charge < -0.3 is 4.98 Å². The van der Waals surface area contributed by atoms with E-state index in [4.69, 9.17) is 0 Å². The van der Waals surface area contributed by atoms with E-state index in [2.05, 4.69) is 9.97 Å². The van der Waals surface area contributed by atoms with E-state index in [1.165, 1.54) is 6.07 Å². The van der Waals surface area contributed by atoms with Crippen LogP contribution in [0.3, 0.4) is 0 Å². The van der Waals surface area contributed by atoms with E-state index >= 15 is 0 Å². The maximum Gasteiger partial charge on any atom is 0.169 e. The third kappa shape index (κ3) is 2.18. The van der Waals surface area contributed by atoms with E-state index in [1.54, 1.807) is 24.5 Å². The number of aromatic amines is 1. The molecule has 0 fully saturated rings. The molecule has 3 nitrogen and oxygen atoms in total. The zero-order valence-corrected chi connectivity index (χ0v) is 10.4. The van der Waals surface area contributed by atoms with Gasteiger partial charge in [-0.3, -0.25) is 4.79 Å². The molecule has 0 aliphatic carbocycles. The van der Waals surface area contributed by atoms with Crippen LogP contribution in [0.1, 0.15) is 15.9 Å². The van der Waals surface area contributed by atoms with Gasteiger partial charge in [0.15, 0.2) is 17.4 Å². The smallest absolute Gasteiger partial charge is 0.169 e. The van der Waals surface area contributed by atoms with E-state index in [9.17, 15) is 13.6 Å². The van der Waals surface area contributed by atoms with E-state index in [0.29, 0.717) is 16.8 Å². The average Bonchev–Trinajstić information content (AvgIpc) is 2.87. The fourth-order valence-electron chi connectivity index (χ4n) is 2.12. The monoisotopic (exact) mass is 272 g/mol. The molecule has 0 bridgehead atoms. The van der Waals surface area contributed by atoms with Crippen LogP contribution >= 0.6 is 0 Å². The number of ketones is 1. The molecule has 3 aromatic rings. The molecule has 0 unspecified atom stereocenters. The van der Waals surface area contributed by atoms with Crippen molar-refractivity contribution in [3.63, 3.8) is 0 Å². The van der Waals surface area contributed by atoms with Gasteiger partial charge in [0.2, 0.25) is 0 Å². The molecule has 0 saturated heterocycles. The number of nitrogens with one attached hydrogen (secondary N) is 1. The molecular weight excluding hydrogens is 262 g/mol. The number of carbonyl (C=O) groups excluding carboxylic acids is 1. The number of carbonyl (C=O) groups is 1. The molecule has 100 valence electrons. The van der Waals surface area contributed by atoms with Crippen molar-refractivity contribution >= 4 is 16.8 Å². The van der Waals surface area contributed by atoms with Crippen LogP contribution in [0.25, 0.3) is 11.0 Å². The molecule has 1 aromatic carbocycles. The second-order valence-corrected chi connectivity index (χ2v) is 4.45. The highest BCUT2D eigenvalue weighted by Crippen LogP contribution is 2.18. The van der Waals surface area contributed by atoms with E-state index in [0.717, 1.165) is 17.5 Å². The maximum absolute atomic E-state index is 13.1. The summed E-state index contributed by atoms with van der Waals surface area (Å²) in [6, 6.07) is 7.00. The van der Waals surface area contributed by atoms with Crippen LogP contribution in [0.5, 0.6) is 0 Å². The predicted octanol–water partition coefficient (Wildman–Crippen LogP) is 3.27. The third-order valence-electron chi connectivity index (χ3n) is 3.10. The van der Waals surface area contributed by atoms with Crippen LogP contribution in [0, 0.1) is 11.6 Å². The zero-order chi connectivity index (χ0) is 14.1. The van der Waals surface area contributed by atoms with Crippen molar-refractivity contribution in [3.05, 3.63) is 65.5 Å². The van der Waals surface area contributed by atoms with Crippen molar-refractivity contribution < 1.29 is 13.6 Å². The number of hydrogen-bond donors (Lipinski definition) is 1. The standard InChI is InChI=1S/C15H10F2N2O/c16-12-4-3-9(6-13(12)17)7-14(20)11-8-19-15-10(11)2-1-5-18-15/h1-6,8H,7H2,(H,18,19). The molecule has 0 spiro atoms. The van der Waals surface area contributed by atoms with Gasteiger partial charge in [-0.15, -0.1) is 0 Å². The Hall–Kier alpha value is -2.56. The molecule has 0 radical (unpaired) electrons. The first-order valence-corrected chi connectivity index (χ1v) is 6.04. The predicted molar refractivity (Wildman–Crippen MR) is 70.5 cm³/mol. The first kappa shape index (κ1) is 12.5. The molecule has 0 saturated carbocycles. The Balaban J connectivity index is 1.91. The summed E-state index contributed by atoms with van der Waals surface area (Å²) in [5, 5.41) is 0.722. The quantitative estimate of drug-likeness (QED) is 0.744. The van der Waals surface area contributed by atoms with E-state index < -0.39 is 11.6 Å². The Kier molecular flexibility index (Phi) is 3.02. The summed E-state index contributed by atoms with van der Waals surface area (Å²) in [5.74, 6) is -2.04. The lowest BCUT2D eigenvalue weighted by Crippen LogP contribution is -2.03. The first-order valence-electron chi connectivity index (χ1n) is 6.04. The lowest BCUT2D eigenvalue weighted by Gasteiger charge is -2.01. The number of fused-ring (bicyclic) bond motifs is 1. The number of halogens is 2. The number of Topliss-reactive ketones (excluding diaryl/α,β-unsaturated/α-hetero) is 1. The Labute approximate surface area is 113 Å². The summed E-state index contributed by atoms with van der Waals surface area (Å²) in [6.07, 6.45) is 3.22. The van der Waals surface area contributed by atoms with Crippen molar-refractivity contribution in [1.29, 1.82) is 0 Å². The molecule has 0 atom stereocenters. The fourth-order valence-corrected chi connectivity index (χ4v) is 2.12. The van der Waals surface area contributed by atoms with Crippen molar-refractivity contribution in [3.8, 4) is 0 Å². The van der Waals surface area contributed by atoms with Crippen LogP contribution in [-0.4, -0.2) is 15.8 Å². The van der Waals surface area contributed by atoms with Gasteiger partial charge in [0.1, 0.15) is 5.65 Å². The number of H-pyrrole nitrogens is 1. The first-order chi connectivity index (χ1) is 9.65. The molecule has 3 rings (SSSR count). The van der Waals surface area contributed by atoms with Crippen LogP contribution in [-0.2, 0) is 6.42 Å². The van der Waals surface area contributed by atoms with Gasteiger partial charge in [-0.05, 0) is 29.8 Å². The molecule has 20 heavy (non-hydrogen) atoms. The van der Waals surface area contributed by atoms with Gasteiger partial charge in [-0.25, -0.2) is 13.8 Å². The largest absolute Gasteiger partial charge is 0.345 e. The molecule has 5 heteroatoms. The molecular formula is C15H10F2N2O. The Bertz CT molecular complexity index is 795. The second kappa shape index (κ2) is 4.85. The molecule has 0 aliphatic heterocycles. The molecule has 2 heterocycles. The Morgan fingerprint density at radius 1 is 1.20 bits per heavy atom. The number of hydrogen-bond acceptors (Lipinski definition) is 2. The van der Waals surface area contributed by atoms with Crippen LogP contribution < -0.4 is 0 Å². The lowest BCUT2D eigenvalue weighted by molar-refractivity contribution is 0.0994. The second-order valence-electron chi connectivity index (χ2n) is 4.45. The van der Waals surface area contributed by atoms with Gasteiger partial charge in [0.25, 0.3) is 0 Å². The molecule has 0 aliphatic rings. The number of benzene rings is 1. The van der Waals surface area contributed by atoms with Gasteiger partial charge in [-0.1, -0.05) is 6.07 Å². The van der Waals surface area contributed by atoms with Crippen molar-refractivity contribution in [2.24, 2.45) is 0 Å². The minimum absolute atomic E-state index is 0.0129. The van der Waals surface area contributed by atoms with Crippen molar-refractivity contribution in [2.45, 2.75) is 6.42 Å². The van der Waals surface area contributed by atoms with Gasteiger partial charge in [0, 0.05) is 29.8 Å². The summed E-state index contributed by atoms with van der Waals surface area (Å²) in [7, 11) is 0. The van der Waals surface area contributed by atoms with E-state index in [-0.39, 0.29) is 12.2 Å². The highest BCUT2D eigenvalue weighted by Gasteiger charge is 2.14. The Morgan fingerprint density at radius 3 is 2.85 bits per heavy atom. The minimum Gasteiger partial charge on any atom is -0.345 e. The number of nitrogens with zero attached hydrogens (tertiary/aromatic N) is 1. The SMILES string of the molecule is O=C(Cc1ccc(F)c(F)c1)c1c[nH]c2ncccc12. The lowest BCUT2D eigenvalue weighted by atomic mass is 10.0. The molecule has 1 N–H and O–H groups in total. The van der Waals surface area contributed by atoms with Crippen molar-refractivity contribution in [1.82, 2.24) is 9.97 Å². The Morgan fingerprint density at radius 2 is 2.05 bits per heavy atom. The number of aromatic nitrogens is 2. The highest BCUT2D eigenvalue weighted by molar-refractivity contribution is 6.07. The summed E-state index contributed by atoms with van der Waals surface area (Å²) in [4.78, 5) is 19.2. The van der Waals surface area contributed by atoms with Crippen molar-refractivity contribution in [2.75, 3.05) is 0 Å². The third-order valence-corrected chi connectivity index (χ3v) is 3.10. The molecule has 0 amide bonds. The highest BCUT2D eigenvalue weighted by atomic mass is 19.2. The van der Waals surface area contributed by atoms with Crippen LogP contribution in [0.2, 0.25) is 0 Å². The van der Waals surface area contributed by atoms with Crippen LogP contribution in [0.4, 0.5) is 8.78 Å². The summed E-state index contributed by atoms with van der Waals surface area (Å²) >= 11 is 0.